The summed E-state index contributed by atoms with van der Waals surface area (Å²) in [5.41, 5.74) is 2.77. The number of hydrogen-bond donors (Lipinski definition) is 1. The standard InChI is InChI=1S/C13H18BrNO4Si/c1-15-19-13(17)5-6-8-10(18-12(6)16)9(14)7(5)11(8)20(2,3)4/h5-8,11,15H,1-4H3/t5-,6-,7?,8?,11?/m0/s1. The zero-order valence-electron chi connectivity index (χ0n) is 11.9. The van der Waals surface area contributed by atoms with Crippen LogP contribution >= 0.6 is 15.9 Å². The largest absolute Gasteiger partial charge is 0.430 e. The predicted octanol–water partition coefficient (Wildman–Crippen LogP) is 2.03. The van der Waals surface area contributed by atoms with Crippen LogP contribution in [0.5, 0.6) is 0 Å². The van der Waals surface area contributed by atoms with Gasteiger partial charge in [0.05, 0.1) is 11.8 Å². The molecular formula is C13H18BrNO4Si. The summed E-state index contributed by atoms with van der Waals surface area (Å²) in [5.74, 6) is -0.578. The maximum absolute atomic E-state index is 12.3. The van der Waals surface area contributed by atoms with Gasteiger partial charge in [0.15, 0.2) is 0 Å². The number of halogens is 1. The molecule has 5 atom stereocenters. The van der Waals surface area contributed by atoms with Crippen LogP contribution in [0.3, 0.4) is 0 Å². The van der Waals surface area contributed by atoms with Crippen molar-refractivity contribution < 1.29 is 19.2 Å². The van der Waals surface area contributed by atoms with Gasteiger partial charge in [0.25, 0.3) is 0 Å². The third kappa shape index (κ3) is 1.69. The first-order valence-electron chi connectivity index (χ1n) is 6.77. The zero-order chi connectivity index (χ0) is 14.8. The monoisotopic (exact) mass is 359 g/mol. The van der Waals surface area contributed by atoms with E-state index in [9.17, 15) is 9.59 Å². The highest BCUT2D eigenvalue weighted by Gasteiger charge is 2.70. The van der Waals surface area contributed by atoms with Crippen LogP contribution in [-0.2, 0) is 19.2 Å². The maximum Gasteiger partial charge on any atom is 0.329 e. The van der Waals surface area contributed by atoms with E-state index in [0.717, 1.165) is 10.2 Å². The maximum atomic E-state index is 12.3. The molecule has 2 fully saturated rings. The molecule has 5 nitrogen and oxygen atoms in total. The molecule has 3 unspecified atom stereocenters. The number of esters is 1. The molecule has 0 aromatic rings. The van der Waals surface area contributed by atoms with Gasteiger partial charge in [-0.2, -0.15) is 5.48 Å². The summed E-state index contributed by atoms with van der Waals surface area (Å²) >= 11 is 3.57. The van der Waals surface area contributed by atoms with Crippen molar-refractivity contribution in [3.05, 3.63) is 10.2 Å². The average Bonchev–Trinajstić information content (AvgIpc) is 2.89. The van der Waals surface area contributed by atoms with E-state index in [1.54, 1.807) is 7.05 Å². The minimum absolute atomic E-state index is 0.0268. The summed E-state index contributed by atoms with van der Waals surface area (Å²) in [5, 5.41) is 0. The molecule has 1 saturated carbocycles. The lowest BCUT2D eigenvalue weighted by molar-refractivity contribution is -0.160. The van der Waals surface area contributed by atoms with E-state index in [1.165, 1.54) is 0 Å². The topological polar surface area (TPSA) is 64.6 Å². The average molecular weight is 360 g/mol. The fraction of sp³-hybridized carbons (Fsp3) is 0.692. The Morgan fingerprint density at radius 1 is 1.30 bits per heavy atom. The third-order valence-electron chi connectivity index (χ3n) is 4.72. The van der Waals surface area contributed by atoms with E-state index in [-0.39, 0.29) is 29.7 Å². The normalized spacial score (nSPS) is 38.5. The van der Waals surface area contributed by atoms with Crippen molar-refractivity contribution in [2.24, 2.45) is 23.7 Å². The number of rotatable bonds is 3. The minimum Gasteiger partial charge on any atom is -0.430 e. The van der Waals surface area contributed by atoms with Crippen molar-refractivity contribution in [3.8, 4) is 0 Å². The molecule has 1 aliphatic heterocycles. The fourth-order valence-electron chi connectivity index (χ4n) is 4.21. The molecule has 2 aliphatic carbocycles. The first kappa shape index (κ1) is 14.3. The molecule has 0 aromatic carbocycles. The van der Waals surface area contributed by atoms with Gasteiger partial charge in [-0.3, -0.25) is 9.59 Å². The van der Waals surface area contributed by atoms with E-state index < -0.39 is 14.0 Å². The number of nitrogens with one attached hydrogen (secondary N) is 1. The molecule has 0 radical (unpaired) electrons. The Kier molecular flexibility index (Phi) is 3.15. The zero-order valence-corrected chi connectivity index (χ0v) is 14.5. The first-order valence-corrected chi connectivity index (χ1v) is 11.1. The quantitative estimate of drug-likeness (QED) is 0.474. The van der Waals surface area contributed by atoms with Gasteiger partial charge < -0.3 is 9.57 Å². The van der Waals surface area contributed by atoms with Crippen molar-refractivity contribution in [2.45, 2.75) is 25.2 Å². The SMILES string of the molecule is CNOC(=O)[C@@H]1C2C(Br)=C3OC(=O)[C@@H]1C3C2[Si](C)(C)C. The van der Waals surface area contributed by atoms with Gasteiger partial charge in [0.1, 0.15) is 5.76 Å². The molecule has 0 aromatic heterocycles. The van der Waals surface area contributed by atoms with Crippen molar-refractivity contribution in [1.82, 2.24) is 5.48 Å². The Morgan fingerprint density at radius 3 is 2.50 bits per heavy atom. The summed E-state index contributed by atoms with van der Waals surface area (Å²) in [7, 11) is 0.000494. The van der Waals surface area contributed by atoms with Crippen LogP contribution in [0, 0.1) is 23.7 Å². The summed E-state index contributed by atoms with van der Waals surface area (Å²) in [6.45, 7) is 6.83. The minimum atomic E-state index is -1.55. The molecular weight excluding hydrogens is 342 g/mol. The van der Waals surface area contributed by atoms with Crippen LogP contribution in [-0.4, -0.2) is 27.1 Å². The molecule has 3 rings (SSSR count). The summed E-state index contributed by atoms with van der Waals surface area (Å²) in [4.78, 5) is 29.4. The Balaban J connectivity index is 2.06. The number of fused-ring (bicyclic) bond motifs is 1. The van der Waals surface area contributed by atoms with E-state index in [1.807, 2.05) is 0 Å². The van der Waals surface area contributed by atoms with Crippen molar-refractivity contribution in [1.29, 1.82) is 0 Å². The molecule has 7 heteroatoms. The highest BCUT2D eigenvalue weighted by atomic mass is 79.9. The molecule has 3 aliphatic rings. The van der Waals surface area contributed by atoms with Gasteiger partial charge >= 0.3 is 11.9 Å². The lowest BCUT2D eigenvalue weighted by Gasteiger charge is -2.30. The smallest absolute Gasteiger partial charge is 0.329 e. The van der Waals surface area contributed by atoms with Gasteiger partial charge in [-0.1, -0.05) is 35.6 Å². The van der Waals surface area contributed by atoms with Crippen LogP contribution in [0.2, 0.25) is 25.2 Å². The number of allylic oxidation sites excluding steroid dienone is 2. The molecule has 1 heterocycles. The highest BCUT2D eigenvalue weighted by Crippen LogP contribution is 2.69. The Morgan fingerprint density at radius 2 is 1.95 bits per heavy atom. The lowest BCUT2D eigenvalue weighted by atomic mass is 9.84. The van der Waals surface area contributed by atoms with Crippen molar-refractivity contribution in [3.63, 3.8) is 0 Å². The number of ether oxygens (including phenoxy) is 1. The van der Waals surface area contributed by atoms with Crippen LogP contribution in [0.15, 0.2) is 10.2 Å². The second kappa shape index (κ2) is 4.41. The van der Waals surface area contributed by atoms with Crippen LogP contribution in [0.25, 0.3) is 0 Å². The second-order valence-corrected chi connectivity index (χ2v) is 13.0. The van der Waals surface area contributed by atoms with Crippen LogP contribution in [0.1, 0.15) is 0 Å². The molecule has 1 saturated heterocycles. The van der Waals surface area contributed by atoms with E-state index in [0.29, 0.717) is 5.54 Å². The van der Waals surface area contributed by atoms with Crippen LogP contribution < -0.4 is 5.48 Å². The molecule has 110 valence electrons. The van der Waals surface area contributed by atoms with Gasteiger partial charge in [-0.05, 0) is 5.54 Å². The number of carbonyl (C=O) groups is 2. The number of hydroxylamine groups is 1. The summed E-state index contributed by atoms with van der Waals surface area (Å²) in [6.07, 6.45) is 0. The number of carbonyl (C=O) groups excluding carboxylic acids is 2. The summed E-state index contributed by atoms with van der Waals surface area (Å²) in [6, 6.07) is 0. The molecule has 0 amide bonds. The second-order valence-electron chi connectivity index (χ2n) is 6.75. The van der Waals surface area contributed by atoms with Gasteiger partial charge in [0, 0.05) is 31.4 Å². The molecule has 2 bridgehead atoms. The third-order valence-corrected chi connectivity index (χ3v) is 8.36. The Hall–Kier alpha value is -0.663. The molecule has 20 heavy (non-hydrogen) atoms. The first-order chi connectivity index (χ1) is 9.29. The van der Waals surface area contributed by atoms with E-state index in [4.69, 9.17) is 9.57 Å². The highest BCUT2D eigenvalue weighted by molar-refractivity contribution is 9.11. The van der Waals surface area contributed by atoms with Crippen molar-refractivity contribution >= 4 is 35.9 Å². The van der Waals surface area contributed by atoms with Gasteiger partial charge in [0.2, 0.25) is 0 Å². The molecule has 1 N–H and O–H groups in total. The van der Waals surface area contributed by atoms with Crippen molar-refractivity contribution in [2.75, 3.05) is 7.05 Å². The molecule has 0 spiro atoms. The van der Waals surface area contributed by atoms with E-state index in [2.05, 4.69) is 41.1 Å². The Labute approximate surface area is 127 Å². The Bertz CT molecular complexity index is 527. The van der Waals surface area contributed by atoms with Gasteiger partial charge in [-0.25, -0.2) is 0 Å². The summed E-state index contributed by atoms with van der Waals surface area (Å²) < 4.78 is 6.32. The fourth-order valence-corrected chi connectivity index (χ4v) is 8.25. The van der Waals surface area contributed by atoms with E-state index >= 15 is 0 Å². The predicted molar refractivity (Wildman–Crippen MR) is 78.3 cm³/mol. The lowest BCUT2D eigenvalue weighted by Crippen LogP contribution is -2.35. The van der Waals surface area contributed by atoms with Gasteiger partial charge in [-0.15, -0.1) is 0 Å². The van der Waals surface area contributed by atoms with Crippen LogP contribution in [0.4, 0.5) is 0 Å². The number of hydrogen-bond acceptors (Lipinski definition) is 5.